The quantitative estimate of drug-likeness (QED) is 0.760. The minimum atomic E-state index is -0.833. The van der Waals surface area contributed by atoms with E-state index < -0.39 is 6.10 Å². The lowest BCUT2D eigenvalue weighted by atomic mass is 10.1. The Bertz CT molecular complexity index is 302. The maximum absolute atomic E-state index is 9.11. The third-order valence-electron chi connectivity index (χ3n) is 2.00. The highest BCUT2D eigenvalue weighted by atomic mass is 16.5. The number of nitrogens with zero attached hydrogens (tertiary/aromatic N) is 1. The molecule has 0 aliphatic rings. The Labute approximate surface area is 89.5 Å². The van der Waals surface area contributed by atoms with Gasteiger partial charge in [-0.05, 0) is 12.0 Å². The molecule has 15 heavy (non-hydrogen) atoms. The van der Waals surface area contributed by atoms with Crippen molar-refractivity contribution in [1.29, 1.82) is 0 Å². The molecule has 0 spiro atoms. The van der Waals surface area contributed by atoms with Gasteiger partial charge in [0.25, 0.3) is 0 Å². The molecule has 0 bridgehead atoms. The first-order valence-electron chi connectivity index (χ1n) is 5.01. The predicted molar refractivity (Wildman–Crippen MR) is 56.9 cm³/mol. The maximum Gasteiger partial charge on any atom is 0.122 e. The van der Waals surface area contributed by atoms with Crippen LogP contribution in [0.3, 0.4) is 0 Å². The van der Waals surface area contributed by atoms with Crippen molar-refractivity contribution < 1.29 is 14.9 Å². The molecular weight excluding hydrogens is 194 g/mol. The SMILES string of the molecule is CC(C)c1cc(OCC(O)CO)ccn1. The zero-order chi connectivity index (χ0) is 11.3. The highest BCUT2D eigenvalue weighted by molar-refractivity contribution is 5.24. The average molecular weight is 211 g/mol. The number of hydrogen-bond donors (Lipinski definition) is 2. The van der Waals surface area contributed by atoms with Gasteiger partial charge in [0.2, 0.25) is 0 Å². The van der Waals surface area contributed by atoms with Gasteiger partial charge in [-0.1, -0.05) is 13.8 Å². The third kappa shape index (κ3) is 3.85. The summed E-state index contributed by atoms with van der Waals surface area (Å²) in [6.45, 7) is 3.91. The van der Waals surface area contributed by atoms with Crippen LogP contribution in [0.5, 0.6) is 5.75 Å². The zero-order valence-electron chi connectivity index (χ0n) is 9.05. The Balaban J connectivity index is 2.58. The molecule has 1 aromatic rings. The van der Waals surface area contributed by atoms with E-state index in [0.29, 0.717) is 11.7 Å². The van der Waals surface area contributed by atoms with Gasteiger partial charge in [-0.2, -0.15) is 0 Å². The van der Waals surface area contributed by atoms with Gasteiger partial charge in [-0.3, -0.25) is 4.98 Å². The molecule has 2 N–H and O–H groups in total. The van der Waals surface area contributed by atoms with Crippen molar-refractivity contribution in [2.45, 2.75) is 25.9 Å². The highest BCUT2D eigenvalue weighted by Crippen LogP contribution is 2.17. The molecule has 0 amide bonds. The first-order chi connectivity index (χ1) is 7.13. The summed E-state index contributed by atoms with van der Waals surface area (Å²) in [5.41, 5.74) is 0.950. The van der Waals surface area contributed by atoms with Crippen LogP contribution in [-0.2, 0) is 0 Å². The number of hydrogen-bond acceptors (Lipinski definition) is 4. The minimum Gasteiger partial charge on any atom is -0.491 e. The van der Waals surface area contributed by atoms with Crippen LogP contribution in [0, 0.1) is 0 Å². The van der Waals surface area contributed by atoms with E-state index >= 15 is 0 Å². The average Bonchev–Trinajstić information content (AvgIpc) is 2.26. The topological polar surface area (TPSA) is 62.6 Å². The van der Waals surface area contributed by atoms with E-state index in [1.807, 2.05) is 6.07 Å². The van der Waals surface area contributed by atoms with Crippen molar-refractivity contribution in [3.05, 3.63) is 24.0 Å². The molecular formula is C11H17NO3. The van der Waals surface area contributed by atoms with Crippen molar-refractivity contribution in [2.75, 3.05) is 13.2 Å². The van der Waals surface area contributed by atoms with Crippen molar-refractivity contribution in [3.8, 4) is 5.75 Å². The summed E-state index contributed by atoms with van der Waals surface area (Å²) in [5, 5.41) is 17.7. The molecule has 84 valence electrons. The second kappa shape index (κ2) is 5.68. The van der Waals surface area contributed by atoms with Gasteiger partial charge >= 0.3 is 0 Å². The largest absolute Gasteiger partial charge is 0.491 e. The van der Waals surface area contributed by atoms with Gasteiger partial charge < -0.3 is 14.9 Å². The Morgan fingerprint density at radius 3 is 2.80 bits per heavy atom. The second-order valence-corrected chi connectivity index (χ2v) is 3.72. The number of aliphatic hydroxyl groups excluding tert-OH is 2. The first kappa shape index (κ1) is 11.9. The fraction of sp³-hybridized carbons (Fsp3) is 0.545. The van der Waals surface area contributed by atoms with Crippen LogP contribution in [0.15, 0.2) is 18.3 Å². The second-order valence-electron chi connectivity index (χ2n) is 3.72. The summed E-state index contributed by atoms with van der Waals surface area (Å²) in [5.74, 6) is 1.01. The molecule has 0 aromatic carbocycles. The first-order valence-corrected chi connectivity index (χ1v) is 5.01. The predicted octanol–water partition coefficient (Wildman–Crippen LogP) is 0.937. The number of aromatic nitrogens is 1. The van der Waals surface area contributed by atoms with E-state index in [2.05, 4.69) is 18.8 Å². The number of pyridine rings is 1. The van der Waals surface area contributed by atoms with Gasteiger partial charge in [0.1, 0.15) is 18.5 Å². The fourth-order valence-corrected chi connectivity index (χ4v) is 1.08. The van der Waals surface area contributed by atoms with Gasteiger partial charge in [-0.25, -0.2) is 0 Å². The van der Waals surface area contributed by atoms with Crippen LogP contribution in [0.2, 0.25) is 0 Å². The molecule has 0 aliphatic heterocycles. The van der Waals surface area contributed by atoms with Gasteiger partial charge in [0.15, 0.2) is 0 Å². The third-order valence-corrected chi connectivity index (χ3v) is 2.00. The molecule has 0 radical (unpaired) electrons. The minimum absolute atomic E-state index is 0.0953. The molecule has 1 aromatic heterocycles. The van der Waals surface area contributed by atoms with E-state index in [-0.39, 0.29) is 13.2 Å². The summed E-state index contributed by atoms with van der Waals surface area (Å²) in [6, 6.07) is 3.57. The van der Waals surface area contributed by atoms with Crippen molar-refractivity contribution >= 4 is 0 Å². The zero-order valence-corrected chi connectivity index (χ0v) is 9.05. The summed E-state index contributed by atoms with van der Waals surface area (Å²) in [4.78, 5) is 4.19. The number of rotatable bonds is 5. The molecule has 0 saturated heterocycles. The Morgan fingerprint density at radius 2 is 2.20 bits per heavy atom. The molecule has 0 fully saturated rings. The lowest BCUT2D eigenvalue weighted by Crippen LogP contribution is -2.21. The number of ether oxygens (including phenoxy) is 1. The van der Waals surface area contributed by atoms with E-state index in [4.69, 9.17) is 14.9 Å². The standard InChI is InChI=1S/C11H17NO3/c1-8(2)11-5-10(3-4-12-11)15-7-9(14)6-13/h3-5,8-9,13-14H,6-7H2,1-2H3. The van der Waals surface area contributed by atoms with Gasteiger partial charge in [0.05, 0.1) is 6.61 Å². The van der Waals surface area contributed by atoms with Crippen LogP contribution < -0.4 is 4.74 Å². The van der Waals surface area contributed by atoms with E-state index in [1.54, 1.807) is 12.3 Å². The maximum atomic E-state index is 9.11. The van der Waals surface area contributed by atoms with Crippen LogP contribution in [0.4, 0.5) is 0 Å². The summed E-state index contributed by atoms with van der Waals surface area (Å²) in [7, 11) is 0. The van der Waals surface area contributed by atoms with Crippen LogP contribution in [-0.4, -0.2) is 34.5 Å². The monoisotopic (exact) mass is 211 g/mol. The van der Waals surface area contributed by atoms with Crippen LogP contribution >= 0.6 is 0 Å². The molecule has 1 atom stereocenters. The van der Waals surface area contributed by atoms with E-state index in [9.17, 15) is 0 Å². The van der Waals surface area contributed by atoms with Crippen LogP contribution in [0.1, 0.15) is 25.5 Å². The molecule has 1 unspecified atom stereocenters. The Morgan fingerprint density at radius 1 is 1.47 bits per heavy atom. The molecule has 0 aliphatic carbocycles. The van der Waals surface area contributed by atoms with Gasteiger partial charge in [-0.15, -0.1) is 0 Å². The van der Waals surface area contributed by atoms with Gasteiger partial charge in [0, 0.05) is 18.0 Å². The summed E-state index contributed by atoms with van der Waals surface area (Å²) >= 11 is 0. The molecule has 1 rings (SSSR count). The summed E-state index contributed by atoms with van der Waals surface area (Å²) < 4.78 is 5.30. The highest BCUT2D eigenvalue weighted by Gasteiger charge is 2.05. The fourth-order valence-electron chi connectivity index (χ4n) is 1.08. The smallest absolute Gasteiger partial charge is 0.122 e. The van der Waals surface area contributed by atoms with E-state index in [0.717, 1.165) is 5.69 Å². The lowest BCUT2D eigenvalue weighted by Gasteiger charge is -2.11. The summed E-state index contributed by atoms with van der Waals surface area (Å²) in [6.07, 6.45) is 0.844. The van der Waals surface area contributed by atoms with Crippen LogP contribution in [0.25, 0.3) is 0 Å². The Kier molecular flexibility index (Phi) is 4.52. The molecule has 0 saturated carbocycles. The van der Waals surface area contributed by atoms with E-state index in [1.165, 1.54) is 0 Å². The van der Waals surface area contributed by atoms with Crippen molar-refractivity contribution in [2.24, 2.45) is 0 Å². The van der Waals surface area contributed by atoms with Crippen molar-refractivity contribution in [1.82, 2.24) is 4.98 Å². The lowest BCUT2D eigenvalue weighted by molar-refractivity contribution is 0.0535. The van der Waals surface area contributed by atoms with Crippen molar-refractivity contribution in [3.63, 3.8) is 0 Å². The molecule has 4 nitrogen and oxygen atoms in total. The molecule has 1 heterocycles. The number of aliphatic hydroxyl groups is 2. The normalized spacial score (nSPS) is 12.9. The Hall–Kier alpha value is -1.13. The molecule has 4 heteroatoms.